The maximum Gasteiger partial charge on any atom is 0.339 e. The van der Waals surface area contributed by atoms with Gasteiger partial charge in [-0.2, -0.15) is 0 Å². The monoisotopic (exact) mass is 284 g/mol. The van der Waals surface area contributed by atoms with Crippen LogP contribution in [0.4, 0.5) is 0 Å². The van der Waals surface area contributed by atoms with Crippen LogP contribution in [-0.4, -0.2) is 20.6 Å². The van der Waals surface area contributed by atoms with Gasteiger partial charge in [-0.3, -0.25) is 0 Å². The Kier molecular flexibility index (Phi) is 3.25. The molecule has 0 amide bonds. The standard InChI is InChI=1S/C16H16N2O3/c1-10(2)15-17-7-8-18(15)9-13-14(16(19)20)11-5-3-4-6-12(11)21-13/h3-8,10H,9H2,1-2H3,(H,19,20). The third-order valence-corrected chi connectivity index (χ3v) is 3.46. The van der Waals surface area contributed by atoms with Crippen molar-refractivity contribution in [2.45, 2.75) is 26.3 Å². The van der Waals surface area contributed by atoms with Gasteiger partial charge in [0.1, 0.15) is 22.7 Å². The first kappa shape index (κ1) is 13.4. The predicted octanol–water partition coefficient (Wildman–Crippen LogP) is 3.50. The molecule has 2 aromatic heterocycles. The van der Waals surface area contributed by atoms with E-state index in [0.29, 0.717) is 23.3 Å². The molecular weight excluding hydrogens is 268 g/mol. The van der Waals surface area contributed by atoms with Gasteiger partial charge in [0.15, 0.2) is 0 Å². The van der Waals surface area contributed by atoms with Gasteiger partial charge in [-0.1, -0.05) is 32.0 Å². The molecule has 21 heavy (non-hydrogen) atoms. The molecule has 0 bridgehead atoms. The van der Waals surface area contributed by atoms with Gasteiger partial charge in [0, 0.05) is 23.7 Å². The second-order valence-electron chi connectivity index (χ2n) is 5.27. The Labute approximate surface area is 121 Å². The zero-order valence-corrected chi connectivity index (χ0v) is 11.9. The van der Waals surface area contributed by atoms with Crippen molar-refractivity contribution >= 4 is 16.9 Å². The molecule has 0 aliphatic carbocycles. The lowest BCUT2D eigenvalue weighted by Gasteiger charge is -2.09. The number of carboxylic acids is 1. The predicted molar refractivity (Wildman–Crippen MR) is 78.6 cm³/mol. The third-order valence-electron chi connectivity index (χ3n) is 3.46. The SMILES string of the molecule is CC(C)c1nccn1Cc1oc2ccccc2c1C(=O)O. The summed E-state index contributed by atoms with van der Waals surface area (Å²) in [5.41, 5.74) is 0.824. The number of aromatic nitrogens is 2. The fraction of sp³-hybridized carbons (Fsp3) is 0.250. The Morgan fingerprint density at radius 1 is 1.38 bits per heavy atom. The lowest BCUT2D eigenvalue weighted by Crippen LogP contribution is -2.08. The molecule has 0 atom stereocenters. The number of hydrogen-bond acceptors (Lipinski definition) is 3. The zero-order valence-electron chi connectivity index (χ0n) is 11.9. The lowest BCUT2D eigenvalue weighted by atomic mass is 10.1. The van der Waals surface area contributed by atoms with Crippen molar-refractivity contribution in [3.63, 3.8) is 0 Å². The highest BCUT2D eigenvalue weighted by Gasteiger charge is 2.21. The number of carbonyl (C=O) groups is 1. The van der Waals surface area contributed by atoms with Crippen molar-refractivity contribution in [1.82, 2.24) is 9.55 Å². The van der Waals surface area contributed by atoms with Crippen molar-refractivity contribution in [3.05, 3.63) is 53.8 Å². The van der Waals surface area contributed by atoms with Gasteiger partial charge >= 0.3 is 5.97 Å². The number of rotatable bonds is 4. The number of imidazole rings is 1. The van der Waals surface area contributed by atoms with Crippen LogP contribution in [0.5, 0.6) is 0 Å². The Balaban J connectivity index is 2.10. The van der Waals surface area contributed by atoms with Crippen LogP contribution in [-0.2, 0) is 6.54 Å². The summed E-state index contributed by atoms with van der Waals surface area (Å²) in [6.07, 6.45) is 3.56. The number of hydrogen-bond donors (Lipinski definition) is 1. The quantitative estimate of drug-likeness (QED) is 0.796. The average Bonchev–Trinajstić information content (AvgIpc) is 3.02. The van der Waals surface area contributed by atoms with Crippen LogP contribution in [0.25, 0.3) is 11.0 Å². The molecule has 3 rings (SSSR count). The smallest absolute Gasteiger partial charge is 0.339 e. The summed E-state index contributed by atoms with van der Waals surface area (Å²) >= 11 is 0. The summed E-state index contributed by atoms with van der Waals surface area (Å²) < 4.78 is 7.66. The average molecular weight is 284 g/mol. The van der Waals surface area contributed by atoms with Gasteiger partial charge in [-0.05, 0) is 6.07 Å². The van der Waals surface area contributed by atoms with Crippen LogP contribution >= 0.6 is 0 Å². The third kappa shape index (κ3) is 2.31. The minimum absolute atomic E-state index is 0.231. The van der Waals surface area contributed by atoms with Gasteiger partial charge in [-0.15, -0.1) is 0 Å². The van der Waals surface area contributed by atoms with E-state index in [2.05, 4.69) is 18.8 Å². The fourth-order valence-corrected chi connectivity index (χ4v) is 2.55. The van der Waals surface area contributed by atoms with Gasteiger partial charge in [0.25, 0.3) is 0 Å². The summed E-state index contributed by atoms with van der Waals surface area (Å²) in [4.78, 5) is 15.9. The number of para-hydroxylation sites is 1. The Morgan fingerprint density at radius 2 is 2.14 bits per heavy atom. The van der Waals surface area contributed by atoms with Crippen LogP contribution in [0.3, 0.4) is 0 Å². The van der Waals surface area contributed by atoms with E-state index >= 15 is 0 Å². The minimum atomic E-state index is -0.971. The lowest BCUT2D eigenvalue weighted by molar-refractivity contribution is 0.0696. The first-order chi connectivity index (χ1) is 10.1. The first-order valence-electron chi connectivity index (χ1n) is 6.82. The summed E-state index contributed by atoms with van der Waals surface area (Å²) in [5.74, 6) is 0.647. The molecule has 5 heteroatoms. The number of nitrogens with zero attached hydrogens (tertiary/aromatic N) is 2. The molecular formula is C16H16N2O3. The van der Waals surface area contributed by atoms with Crippen LogP contribution in [0.15, 0.2) is 41.1 Å². The van der Waals surface area contributed by atoms with Gasteiger partial charge in [-0.25, -0.2) is 9.78 Å². The number of furan rings is 1. The molecule has 3 aromatic rings. The highest BCUT2D eigenvalue weighted by atomic mass is 16.4. The summed E-state index contributed by atoms with van der Waals surface area (Å²) in [5, 5.41) is 10.1. The molecule has 0 fully saturated rings. The number of fused-ring (bicyclic) bond motifs is 1. The molecule has 0 radical (unpaired) electrons. The van der Waals surface area contributed by atoms with E-state index in [0.717, 1.165) is 5.82 Å². The molecule has 1 N–H and O–H groups in total. The number of carboxylic acid groups (broad SMARTS) is 1. The molecule has 0 aliphatic rings. The van der Waals surface area contributed by atoms with Crippen LogP contribution in [0, 0.1) is 0 Å². The van der Waals surface area contributed by atoms with Crippen LogP contribution in [0.2, 0.25) is 0 Å². The highest BCUT2D eigenvalue weighted by Crippen LogP contribution is 2.27. The molecule has 108 valence electrons. The van der Waals surface area contributed by atoms with Crippen LogP contribution < -0.4 is 0 Å². The van der Waals surface area contributed by atoms with E-state index in [1.807, 2.05) is 22.9 Å². The van der Waals surface area contributed by atoms with Crippen molar-refractivity contribution in [2.24, 2.45) is 0 Å². The van der Waals surface area contributed by atoms with Crippen molar-refractivity contribution in [2.75, 3.05) is 0 Å². The molecule has 0 spiro atoms. The van der Waals surface area contributed by atoms with Crippen molar-refractivity contribution < 1.29 is 14.3 Å². The first-order valence-corrected chi connectivity index (χ1v) is 6.82. The molecule has 0 unspecified atom stereocenters. The summed E-state index contributed by atoms with van der Waals surface area (Å²) in [6, 6.07) is 7.19. The number of benzene rings is 1. The molecule has 5 nitrogen and oxygen atoms in total. The van der Waals surface area contributed by atoms with Gasteiger partial charge in [0.2, 0.25) is 0 Å². The maximum absolute atomic E-state index is 11.6. The maximum atomic E-state index is 11.6. The van der Waals surface area contributed by atoms with Crippen molar-refractivity contribution in [1.29, 1.82) is 0 Å². The number of aromatic carboxylic acids is 1. The van der Waals surface area contributed by atoms with E-state index in [1.54, 1.807) is 18.3 Å². The van der Waals surface area contributed by atoms with E-state index in [4.69, 9.17) is 4.42 Å². The Bertz CT molecular complexity index is 799. The molecule has 1 aromatic carbocycles. The fourth-order valence-electron chi connectivity index (χ4n) is 2.55. The topological polar surface area (TPSA) is 68.3 Å². The van der Waals surface area contributed by atoms with Gasteiger partial charge in [0.05, 0.1) is 6.54 Å². The second kappa shape index (κ2) is 5.09. The summed E-state index contributed by atoms with van der Waals surface area (Å²) in [7, 11) is 0. The second-order valence-corrected chi connectivity index (χ2v) is 5.27. The molecule has 0 saturated heterocycles. The normalized spacial score (nSPS) is 11.4. The van der Waals surface area contributed by atoms with Gasteiger partial charge < -0.3 is 14.1 Å². The van der Waals surface area contributed by atoms with E-state index in [9.17, 15) is 9.90 Å². The van der Waals surface area contributed by atoms with E-state index in [1.165, 1.54) is 0 Å². The Morgan fingerprint density at radius 3 is 2.86 bits per heavy atom. The molecule has 2 heterocycles. The largest absolute Gasteiger partial charge is 0.478 e. The van der Waals surface area contributed by atoms with E-state index in [-0.39, 0.29) is 11.5 Å². The Hall–Kier alpha value is -2.56. The summed E-state index contributed by atoms with van der Waals surface area (Å²) in [6.45, 7) is 4.47. The zero-order chi connectivity index (χ0) is 15.0. The molecule has 0 aliphatic heterocycles. The molecule has 0 saturated carbocycles. The van der Waals surface area contributed by atoms with Crippen molar-refractivity contribution in [3.8, 4) is 0 Å². The minimum Gasteiger partial charge on any atom is -0.478 e. The van der Waals surface area contributed by atoms with E-state index < -0.39 is 5.97 Å². The highest BCUT2D eigenvalue weighted by molar-refractivity contribution is 6.03. The van der Waals surface area contributed by atoms with Crippen LogP contribution in [0.1, 0.15) is 41.7 Å².